The molecule has 3 heterocycles. The molecule has 0 atom stereocenters. The summed E-state index contributed by atoms with van der Waals surface area (Å²) in [5.41, 5.74) is 3.87. The number of nitrogens with zero attached hydrogens (tertiary/aromatic N) is 6. The molecule has 9 heteroatoms. The van der Waals surface area contributed by atoms with Crippen LogP contribution >= 0.6 is 11.8 Å². The van der Waals surface area contributed by atoms with Gasteiger partial charge < -0.3 is 9.63 Å². The predicted molar refractivity (Wildman–Crippen MR) is 137 cm³/mol. The van der Waals surface area contributed by atoms with Crippen molar-refractivity contribution < 1.29 is 9.63 Å². The number of aromatic nitrogens is 6. The molecule has 0 amide bonds. The average Bonchev–Trinajstić information content (AvgIpc) is 3.67. The molecular formula is C27H24N6O2S. The van der Waals surface area contributed by atoms with Crippen molar-refractivity contribution in [1.82, 2.24) is 29.9 Å². The molecule has 1 fully saturated rings. The third-order valence-corrected chi connectivity index (χ3v) is 7.92. The van der Waals surface area contributed by atoms with Crippen LogP contribution in [0.1, 0.15) is 37.1 Å². The Morgan fingerprint density at radius 1 is 0.889 bits per heavy atom. The molecule has 1 aliphatic carbocycles. The van der Waals surface area contributed by atoms with Crippen molar-refractivity contribution in [2.24, 2.45) is 0 Å². The Labute approximate surface area is 212 Å². The Morgan fingerprint density at radius 3 is 2.33 bits per heavy atom. The van der Waals surface area contributed by atoms with E-state index in [1.54, 1.807) is 36.3 Å². The molecular weight excluding hydrogens is 472 g/mol. The second kappa shape index (κ2) is 9.23. The normalized spacial score (nSPS) is 14.8. The molecule has 0 bridgehead atoms. The Bertz CT molecular complexity index is 1470. The lowest BCUT2D eigenvalue weighted by atomic mass is 10.1. The van der Waals surface area contributed by atoms with Gasteiger partial charge in [-0.3, -0.25) is 9.55 Å². The van der Waals surface area contributed by atoms with E-state index in [2.05, 4.69) is 27.3 Å². The molecule has 36 heavy (non-hydrogen) atoms. The van der Waals surface area contributed by atoms with E-state index < -0.39 is 4.75 Å². The summed E-state index contributed by atoms with van der Waals surface area (Å²) >= 11 is 1.62. The SMILES string of the molecule is Cc1ccc(-c2noc(C3(Sc4nnc(-c5ccncc5)n4-c4ccc(O)cc4)CCCC3)n2)cc1. The van der Waals surface area contributed by atoms with Crippen molar-refractivity contribution in [2.45, 2.75) is 42.5 Å². The number of pyridine rings is 1. The van der Waals surface area contributed by atoms with Gasteiger partial charge in [-0.25, -0.2) is 0 Å². The van der Waals surface area contributed by atoms with Gasteiger partial charge >= 0.3 is 0 Å². The first kappa shape index (κ1) is 22.5. The molecule has 1 saturated carbocycles. The molecule has 0 aliphatic heterocycles. The second-order valence-corrected chi connectivity index (χ2v) is 10.3. The van der Waals surface area contributed by atoms with Crippen molar-refractivity contribution in [2.75, 3.05) is 0 Å². The maximum Gasteiger partial charge on any atom is 0.243 e. The van der Waals surface area contributed by atoms with Crippen LogP contribution in [-0.2, 0) is 4.75 Å². The third-order valence-electron chi connectivity index (χ3n) is 6.50. The third kappa shape index (κ3) is 4.15. The number of aryl methyl sites for hydroxylation is 1. The van der Waals surface area contributed by atoms with E-state index in [4.69, 9.17) is 9.51 Å². The van der Waals surface area contributed by atoms with Crippen LogP contribution in [0.2, 0.25) is 0 Å². The van der Waals surface area contributed by atoms with Gasteiger partial charge in [0.15, 0.2) is 11.0 Å². The number of thioether (sulfide) groups is 1. The van der Waals surface area contributed by atoms with E-state index in [0.29, 0.717) is 17.5 Å². The van der Waals surface area contributed by atoms with Crippen molar-refractivity contribution >= 4 is 11.8 Å². The van der Waals surface area contributed by atoms with Crippen LogP contribution in [-0.4, -0.2) is 35.0 Å². The fourth-order valence-electron chi connectivity index (χ4n) is 4.57. The molecule has 0 unspecified atom stereocenters. The van der Waals surface area contributed by atoms with E-state index in [0.717, 1.165) is 47.7 Å². The molecule has 1 N–H and O–H groups in total. The van der Waals surface area contributed by atoms with Crippen molar-refractivity contribution in [3.8, 4) is 34.2 Å². The number of rotatable bonds is 6. The number of phenols is 1. The quantitative estimate of drug-likeness (QED) is 0.307. The highest BCUT2D eigenvalue weighted by atomic mass is 32.2. The molecule has 8 nitrogen and oxygen atoms in total. The monoisotopic (exact) mass is 496 g/mol. The topological polar surface area (TPSA) is 103 Å². The summed E-state index contributed by atoms with van der Waals surface area (Å²) in [7, 11) is 0. The van der Waals surface area contributed by atoms with Gasteiger partial charge in [0.05, 0.1) is 0 Å². The van der Waals surface area contributed by atoms with Gasteiger partial charge in [0.1, 0.15) is 10.5 Å². The first-order chi connectivity index (χ1) is 17.6. The Morgan fingerprint density at radius 2 is 1.61 bits per heavy atom. The van der Waals surface area contributed by atoms with Crippen LogP contribution in [0, 0.1) is 6.92 Å². The summed E-state index contributed by atoms with van der Waals surface area (Å²) in [5.74, 6) is 2.11. The smallest absolute Gasteiger partial charge is 0.243 e. The van der Waals surface area contributed by atoms with E-state index in [1.807, 2.05) is 53.1 Å². The van der Waals surface area contributed by atoms with E-state index in [-0.39, 0.29) is 5.75 Å². The lowest BCUT2D eigenvalue weighted by Crippen LogP contribution is -2.19. The van der Waals surface area contributed by atoms with Gasteiger partial charge in [0.2, 0.25) is 11.7 Å². The van der Waals surface area contributed by atoms with Crippen LogP contribution in [0.3, 0.4) is 0 Å². The van der Waals surface area contributed by atoms with E-state index in [9.17, 15) is 5.11 Å². The van der Waals surface area contributed by atoms with Crippen LogP contribution in [0.15, 0.2) is 82.7 Å². The van der Waals surface area contributed by atoms with Crippen molar-refractivity contribution in [3.05, 3.63) is 84.5 Å². The van der Waals surface area contributed by atoms with Gasteiger partial charge in [0.25, 0.3) is 0 Å². The minimum absolute atomic E-state index is 0.202. The lowest BCUT2D eigenvalue weighted by molar-refractivity contribution is 0.340. The Kier molecular flexibility index (Phi) is 5.77. The minimum Gasteiger partial charge on any atom is -0.508 e. The Balaban J connectivity index is 1.42. The summed E-state index contributed by atoms with van der Waals surface area (Å²) in [6, 6.07) is 19.0. The number of benzene rings is 2. The molecule has 3 aromatic heterocycles. The van der Waals surface area contributed by atoms with Crippen molar-refractivity contribution in [1.29, 1.82) is 0 Å². The highest BCUT2D eigenvalue weighted by molar-refractivity contribution is 8.00. The number of hydrogen-bond acceptors (Lipinski definition) is 8. The molecule has 2 aromatic carbocycles. The summed E-state index contributed by atoms with van der Waals surface area (Å²) < 4.78 is 7.50. The fourth-order valence-corrected chi connectivity index (χ4v) is 5.94. The first-order valence-electron chi connectivity index (χ1n) is 11.9. The predicted octanol–water partition coefficient (Wildman–Crippen LogP) is 5.95. The maximum atomic E-state index is 9.86. The average molecular weight is 497 g/mol. The Hall–Kier alpha value is -3.98. The molecule has 1 aliphatic rings. The second-order valence-electron chi connectivity index (χ2n) is 8.99. The van der Waals surface area contributed by atoms with Crippen LogP contribution in [0.4, 0.5) is 0 Å². The lowest BCUT2D eigenvalue weighted by Gasteiger charge is -2.23. The highest BCUT2D eigenvalue weighted by Gasteiger charge is 2.44. The van der Waals surface area contributed by atoms with Gasteiger partial charge in [-0.1, -0.05) is 59.6 Å². The van der Waals surface area contributed by atoms with Crippen LogP contribution < -0.4 is 0 Å². The van der Waals surface area contributed by atoms with Crippen LogP contribution in [0.5, 0.6) is 5.75 Å². The molecule has 0 saturated heterocycles. The zero-order chi connectivity index (χ0) is 24.5. The number of hydrogen-bond donors (Lipinski definition) is 1. The summed E-state index contributed by atoms with van der Waals surface area (Å²) in [6.45, 7) is 2.06. The fraction of sp³-hybridized carbons (Fsp3) is 0.222. The molecule has 0 radical (unpaired) electrons. The maximum absolute atomic E-state index is 9.86. The molecule has 6 rings (SSSR count). The standard InChI is InChI=1S/C27H24N6O2S/c1-18-4-6-19(7-5-18)23-29-25(35-32-23)27(14-2-3-15-27)36-26-31-30-24(20-12-16-28-17-13-20)33(26)21-8-10-22(34)11-9-21/h4-13,16-17,34H,2-3,14-15H2,1H3. The number of phenolic OH excluding ortho intramolecular Hbond substituents is 1. The van der Waals surface area contributed by atoms with E-state index >= 15 is 0 Å². The zero-order valence-electron chi connectivity index (χ0n) is 19.7. The zero-order valence-corrected chi connectivity index (χ0v) is 20.5. The largest absolute Gasteiger partial charge is 0.508 e. The molecule has 5 aromatic rings. The number of aromatic hydroxyl groups is 1. The summed E-state index contributed by atoms with van der Waals surface area (Å²) in [6.07, 6.45) is 7.42. The van der Waals surface area contributed by atoms with Gasteiger partial charge in [-0.05, 0) is 56.2 Å². The molecule has 0 spiro atoms. The van der Waals surface area contributed by atoms with Crippen molar-refractivity contribution in [3.63, 3.8) is 0 Å². The summed E-state index contributed by atoms with van der Waals surface area (Å²) in [4.78, 5) is 8.98. The highest BCUT2D eigenvalue weighted by Crippen LogP contribution is 2.52. The molecule has 180 valence electrons. The minimum atomic E-state index is -0.396. The summed E-state index contributed by atoms with van der Waals surface area (Å²) in [5, 5.41) is 24.1. The van der Waals surface area contributed by atoms with Gasteiger partial charge in [-0.15, -0.1) is 10.2 Å². The van der Waals surface area contributed by atoms with Crippen LogP contribution in [0.25, 0.3) is 28.5 Å². The first-order valence-corrected chi connectivity index (χ1v) is 12.7. The van der Waals surface area contributed by atoms with Gasteiger partial charge in [0, 0.05) is 29.2 Å². The van der Waals surface area contributed by atoms with Gasteiger partial charge in [-0.2, -0.15) is 4.98 Å². The van der Waals surface area contributed by atoms with E-state index in [1.165, 1.54) is 5.56 Å².